The fraction of sp³-hybridized carbons (Fsp3) is 0.500. The summed E-state index contributed by atoms with van der Waals surface area (Å²) in [6, 6.07) is 9.25. The Bertz CT molecular complexity index is 1250. The Morgan fingerprint density at radius 1 is 1.21 bits per heavy atom. The predicted molar refractivity (Wildman–Crippen MR) is 150 cm³/mol. The Morgan fingerprint density at radius 2 is 2.03 bits per heavy atom. The second kappa shape index (κ2) is 12.9. The van der Waals surface area contributed by atoms with Crippen molar-refractivity contribution in [3.63, 3.8) is 0 Å². The van der Waals surface area contributed by atoms with E-state index >= 15 is 0 Å². The highest BCUT2D eigenvalue weighted by molar-refractivity contribution is 5.99. The number of nitrogens with one attached hydrogen (secondary N) is 2. The highest BCUT2D eigenvalue weighted by Crippen LogP contribution is 2.44. The molecule has 2 heterocycles. The molecule has 2 atom stereocenters. The smallest absolute Gasteiger partial charge is 0.416 e. The largest absolute Gasteiger partial charge is 0.493 e. The molecule has 1 aliphatic heterocycles. The van der Waals surface area contributed by atoms with Crippen LogP contribution in [0.15, 0.2) is 42.6 Å². The molecule has 1 aliphatic rings. The topological polar surface area (TPSA) is 58.7 Å². The second-order valence-corrected chi connectivity index (χ2v) is 10.3. The molecule has 212 valence electrons. The number of aromatic nitrogens is 1. The molecule has 0 aliphatic carbocycles. The molecule has 0 amide bonds. The molecule has 0 spiro atoms. The SMILES string of the molecule is CCN1CCCC(NCCCC(C)Nc2cc(OC)c(Oc3cccc(C(F)(F)F)c3)c3c(C)ccnc23)C1. The molecule has 6 nitrogen and oxygen atoms in total. The second-order valence-electron chi connectivity index (χ2n) is 10.3. The van der Waals surface area contributed by atoms with Crippen molar-refractivity contribution in [2.24, 2.45) is 0 Å². The Hall–Kier alpha value is -3.04. The predicted octanol–water partition coefficient (Wildman–Crippen LogP) is 7.02. The Kier molecular flexibility index (Phi) is 9.56. The summed E-state index contributed by atoms with van der Waals surface area (Å²) in [5.41, 5.74) is 1.60. The molecule has 1 saturated heterocycles. The molecule has 0 saturated carbocycles. The molecule has 1 aromatic heterocycles. The summed E-state index contributed by atoms with van der Waals surface area (Å²) in [6.07, 6.45) is 1.75. The fourth-order valence-electron chi connectivity index (χ4n) is 5.22. The summed E-state index contributed by atoms with van der Waals surface area (Å²) in [7, 11) is 1.52. The quantitative estimate of drug-likeness (QED) is 0.253. The van der Waals surface area contributed by atoms with E-state index in [0.29, 0.717) is 28.4 Å². The van der Waals surface area contributed by atoms with E-state index in [2.05, 4.69) is 34.4 Å². The highest BCUT2D eigenvalue weighted by Gasteiger charge is 2.31. The van der Waals surface area contributed by atoms with Crippen molar-refractivity contribution in [3.8, 4) is 17.2 Å². The van der Waals surface area contributed by atoms with Crippen molar-refractivity contribution in [2.45, 2.75) is 64.7 Å². The van der Waals surface area contributed by atoms with Crippen molar-refractivity contribution >= 4 is 16.6 Å². The summed E-state index contributed by atoms with van der Waals surface area (Å²) in [5, 5.41) is 7.99. The maximum Gasteiger partial charge on any atom is 0.416 e. The van der Waals surface area contributed by atoms with E-state index < -0.39 is 11.7 Å². The third-order valence-corrected chi connectivity index (χ3v) is 7.34. The maximum absolute atomic E-state index is 13.3. The summed E-state index contributed by atoms with van der Waals surface area (Å²) < 4.78 is 51.5. The van der Waals surface area contributed by atoms with Crippen molar-refractivity contribution in [1.82, 2.24) is 15.2 Å². The molecule has 39 heavy (non-hydrogen) atoms. The number of hydrogen-bond acceptors (Lipinski definition) is 6. The van der Waals surface area contributed by atoms with E-state index in [0.717, 1.165) is 55.9 Å². The first-order chi connectivity index (χ1) is 18.7. The van der Waals surface area contributed by atoms with Crippen LogP contribution in [0.2, 0.25) is 0 Å². The lowest BCUT2D eigenvalue weighted by Crippen LogP contribution is -2.45. The zero-order valence-electron chi connectivity index (χ0n) is 23.2. The number of pyridine rings is 1. The molecule has 1 fully saturated rings. The van der Waals surface area contributed by atoms with Crippen LogP contribution < -0.4 is 20.1 Å². The molecule has 3 aromatic rings. The number of halogens is 3. The first-order valence-corrected chi connectivity index (χ1v) is 13.7. The Balaban J connectivity index is 1.49. The van der Waals surface area contributed by atoms with Crippen LogP contribution in [0.25, 0.3) is 10.9 Å². The minimum Gasteiger partial charge on any atom is -0.493 e. The number of rotatable bonds is 11. The van der Waals surface area contributed by atoms with E-state index in [1.165, 1.54) is 38.6 Å². The van der Waals surface area contributed by atoms with Gasteiger partial charge >= 0.3 is 6.18 Å². The molecule has 2 aromatic carbocycles. The van der Waals surface area contributed by atoms with Crippen LogP contribution in [0.5, 0.6) is 17.2 Å². The number of anilines is 1. The van der Waals surface area contributed by atoms with Crippen LogP contribution in [0.1, 0.15) is 50.7 Å². The highest BCUT2D eigenvalue weighted by atomic mass is 19.4. The lowest BCUT2D eigenvalue weighted by molar-refractivity contribution is -0.137. The van der Waals surface area contributed by atoms with Crippen LogP contribution in [0.4, 0.5) is 18.9 Å². The number of aryl methyl sites for hydroxylation is 1. The zero-order valence-corrected chi connectivity index (χ0v) is 23.2. The molecule has 9 heteroatoms. The van der Waals surface area contributed by atoms with E-state index in [9.17, 15) is 13.2 Å². The summed E-state index contributed by atoms with van der Waals surface area (Å²) in [5.74, 6) is 0.841. The number of hydrogen-bond donors (Lipinski definition) is 2. The fourth-order valence-corrected chi connectivity index (χ4v) is 5.22. The van der Waals surface area contributed by atoms with Gasteiger partial charge in [0, 0.05) is 30.9 Å². The van der Waals surface area contributed by atoms with Gasteiger partial charge in [-0.3, -0.25) is 4.98 Å². The first-order valence-electron chi connectivity index (χ1n) is 13.7. The van der Waals surface area contributed by atoms with Gasteiger partial charge in [0.15, 0.2) is 11.5 Å². The number of methoxy groups -OCH3 is 1. The Morgan fingerprint density at radius 3 is 2.77 bits per heavy atom. The normalized spacial score (nSPS) is 17.3. The van der Waals surface area contributed by atoms with Crippen molar-refractivity contribution in [3.05, 3.63) is 53.7 Å². The number of piperidine rings is 1. The van der Waals surface area contributed by atoms with Gasteiger partial charge in [0.25, 0.3) is 0 Å². The lowest BCUT2D eigenvalue weighted by atomic mass is 10.0. The summed E-state index contributed by atoms with van der Waals surface area (Å²) >= 11 is 0. The summed E-state index contributed by atoms with van der Waals surface area (Å²) in [6.45, 7) is 10.7. The van der Waals surface area contributed by atoms with Gasteiger partial charge in [-0.25, -0.2) is 0 Å². The minimum absolute atomic E-state index is 0.0780. The molecule has 2 N–H and O–H groups in total. The van der Waals surface area contributed by atoms with Gasteiger partial charge in [0.2, 0.25) is 0 Å². The number of likely N-dealkylation sites (tertiary alicyclic amines) is 1. The van der Waals surface area contributed by atoms with Gasteiger partial charge in [-0.1, -0.05) is 13.0 Å². The number of benzene rings is 2. The molecular formula is C30H39F3N4O2. The van der Waals surface area contributed by atoms with Crippen LogP contribution in [0, 0.1) is 6.92 Å². The van der Waals surface area contributed by atoms with Crippen LogP contribution in [-0.4, -0.2) is 55.3 Å². The van der Waals surface area contributed by atoms with Crippen LogP contribution in [0.3, 0.4) is 0 Å². The van der Waals surface area contributed by atoms with Crippen LogP contribution in [-0.2, 0) is 6.18 Å². The number of alkyl halides is 3. The van der Waals surface area contributed by atoms with Gasteiger partial charge in [0.1, 0.15) is 5.75 Å². The van der Waals surface area contributed by atoms with E-state index in [1.807, 2.05) is 19.1 Å². The van der Waals surface area contributed by atoms with Crippen LogP contribution >= 0.6 is 0 Å². The monoisotopic (exact) mass is 544 g/mol. The van der Waals surface area contributed by atoms with E-state index in [4.69, 9.17) is 9.47 Å². The van der Waals surface area contributed by atoms with Crippen molar-refractivity contribution < 1.29 is 22.6 Å². The molecule has 0 radical (unpaired) electrons. The number of likely N-dealkylation sites (N-methyl/N-ethyl adjacent to an activating group) is 1. The van der Waals surface area contributed by atoms with Crippen molar-refractivity contribution in [2.75, 3.05) is 38.6 Å². The zero-order chi connectivity index (χ0) is 28.0. The van der Waals surface area contributed by atoms with Gasteiger partial charge in [-0.15, -0.1) is 0 Å². The van der Waals surface area contributed by atoms with E-state index in [1.54, 1.807) is 6.20 Å². The Labute approximate surface area is 228 Å². The van der Waals surface area contributed by atoms with Gasteiger partial charge in [-0.2, -0.15) is 13.2 Å². The summed E-state index contributed by atoms with van der Waals surface area (Å²) in [4.78, 5) is 7.11. The molecule has 2 unspecified atom stereocenters. The number of ether oxygens (including phenoxy) is 2. The average Bonchev–Trinajstić information content (AvgIpc) is 2.92. The van der Waals surface area contributed by atoms with Gasteiger partial charge < -0.3 is 25.0 Å². The van der Waals surface area contributed by atoms with Crippen molar-refractivity contribution in [1.29, 1.82) is 0 Å². The minimum atomic E-state index is -4.46. The third-order valence-electron chi connectivity index (χ3n) is 7.34. The number of fused-ring (bicyclic) bond motifs is 1. The first kappa shape index (κ1) is 29.0. The average molecular weight is 545 g/mol. The van der Waals surface area contributed by atoms with Gasteiger partial charge in [-0.05, 0) is 89.0 Å². The molecular weight excluding hydrogens is 505 g/mol. The van der Waals surface area contributed by atoms with Gasteiger partial charge in [0.05, 0.1) is 29.3 Å². The maximum atomic E-state index is 13.3. The molecule has 4 rings (SSSR count). The molecule has 0 bridgehead atoms. The van der Waals surface area contributed by atoms with E-state index in [-0.39, 0.29) is 11.8 Å². The standard InChI is InChI=1S/C30H39F3N4O2/c1-5-37-16-8-11-23(19-37)34-14-7-9-21(3)36-25-18-26(38-4)29(27-20(2)13-15-35-28(25)27)39-24-12-6-10-22(17-24)30(31,32)33/h6,10,12-13,15,17-18,21,23,34,36H,5,7-9,11,14,16,19H2,1-4H3. The lowest BCUT2D eigenvalue weighted by Gasteiger charge is -2.32. The third kappa shape index (κ3) is 7.33. The number of nitrogens with zero attached hydrogens (tertiary/aromatic N) is 2.